The third-order valence-corrected chi connectivity index (χ3v) is 3.42. The molecule has 0 aromatic carbocycles. The van der Waals surface area contributed by atoms with Crippen molar-refractivity contribution in [1.29, 1.82) is 0 Å². The Balaban J connectivity index is 1.89. The van der Waals surface area contributed by atoms with Gasteiger partial charge in [-0.3, -0.25) is 9.69 Å². The summed E-state index contributed by atoms with van der Waals surface area (Å²) in [5, 5.41) is 3.29. The minimum Gasteiger partial charge on any atom is -0.355 e. The first kappa shape index (κ1) is 15.0. The summed E-state index contributed by atoms with van der Waals surface area (Å²) >= 11 is 5.96. The normalized spacial score (nSPS) is 16.2. The molecular formula is C13H20ClN5O. The van der Waals surface area contributed by atoms with E-state index in [1.165, 1.54) is 0 Å². The third kappa shape index (κ3) is 4.05. The van der Waals surface area contributed by atoms with Crippen LogP contribution in [0.25, 0.3) is 0 Å². The second kappa shape index (κ2) is 6.85. The Hall–Kier alpha value is -1.40. The van der Waals surface area contributed by atoms with E-state index in [1.807, 2.05) is 13.8 Å². The Morgan fingerprint density at radius 3 is 2.65 bits per heavy atom. The summed E-state index contributed by atoms with van der Waals surface area (Å²) < 4.78 is 0. The maximum atomic E-state index is 11.5. The maximum absolute atomic E-state index is 11.5. The molecule has 0 spiro atoms. The van der Waals surface area contributed by atoms with Crippen molar-refractivity contribution in [3.8, 4) is 0 Å². The number of anilines is 1. The fourth-order valence-electron chi connectivity index (χ4n) is 2.27. The molecule has 6 nitrogen and oxygen atoms in total. The van der Waals surface area contributed by atoms with Gasteiger partial charge in [0, 0.05) is 38.8 Å². The van der Waals surface area contributed by atoms with Gasteiger partial charge in [0.1, 0.15) is 16.8 Å². The number of aromatic nitrogens is 2. The fraction of sp³-hybridized carbons (Fsp3) is 0.615. The van der Waals surface area contributed by atoms with Crippen LogP contribution in [0.5, 0.6) is 0 Å². The molecule has 1 aliphatic heterocycles. The van der Waals surface area contributed by atoms with Crippen LogP contribution >= 0.6 is 11.6 Å². The predicted octanol–water partition coefficient (Wildman–Crippen LogP) is 0.697. The molecule has 1 aromatic rings. The summed E-state index contributed by atoms with van der Waals surface area (Å²) in [7, 11) is 0. The van der Waals surface area contributed by atoms with E-state index in [0.29, 0.717) is 24.1 Å². The van der Waals surface area contributed by atoms with Crippen LogP contribution in [0.15, 0.2) is 6.07 Å². The summed E-state index contributed by atoms with van der Waals surface area (Å²) in [5.74, 6) is 1.62. The Morgan fingerprint density at radius 2 is 2.05 bits per heavy atom. The molecule has 7 heteroatoms. The van der Waals surface area contributed by atoms with Crippen LogP contribution in [-0.2, 0) is 4.79 Å². The Bertz CT molecular complexity index is 454. The van der Waals surface area contributed by atoms with Crippen LogP contribution in [0.4, 0.5) is 5.82 Å². The van der Waals surface area contributed by atoms with E-state index in [9.17, 15) is 4.79 Å². The number of carbonyl (C=O) groups is 1. The lowest BCUT2D eigenvalue weighted by molar-refractivity contribution is -0.122. The molecule has 0 unspecified atom stereocenters. The highest BCUT2D eigenvalue weighted by Gasteiger charge is 2.20. The first-order valence-electron chi connectivity index (χ1n) is 6.83. The van der Waals surface area contributed by atoms with Crippen molar-refractivity contribution in [3.05, 3.63) is 17.0 Å². The number of hydrogen-bond acceptors (Lipinski definition) is 5. The fourth-order valence-corrected chi connectivity index (χ4v) is 2.49. The van der Waals surface area contributed by atoms with Gasteiger partial charge in [-0.2, -0.15) is 0 Å². The van der Waals surface area contributed by atoms with E-state index in [0.717, 1.165) is 32.0 Å². The van der Waals surface area contributed by atoms with Gasteiger partial charge in [-0.25, -0.2) is 9.97 Å². The van der Waals surface area contributed by atoms with Crippen molar-refractivity contribution < 1.29 is 4.79 Å². The van der Waals surface area contributed by atoms with Crippen molar-refractivity contribution in [1.82, 2.24) is 20.2 Å². The zero-order valence-corrected chi connectivity index (χ0v) is 12.7. The number of likely N-dealkylation sites (N-methyl/N-ethyl adjacent to an activating group) is 1. The maximum Gasteiger partial charge on any atom is 0.234 e. The number of halogens is 1. The second-order valence-corrected chi connectivity index (χ2v) is 5.20. The minimum absolute atomic E-state index is 0.0851. The van der Waals surface area contributed by atoms with Crippen molar-refractivity contribution in [2.75, 3.05) is 44.2 Å². The lowest BCUT2D eigenvalue weighted by Gasteiger charge is -2.35. The molecule has 20 heavy (non-hydrogen) atoms. The summed E-state index contributed by atoms with van der Waals surface area (Å²) in [5.41, 5.74) is 0. The third-order valence-electron chi connectivity index (χ3n) is 3.23. The highest BCUT2D eigenvalue weighted by Crippen LogP contribution is 2.17. The molecule has 1 saturated heterocycles. The second-order valence-electron chi connectivity index (χ2n) is 4.81. The van der Waals surface area contributed by atoms with E-state index >= 15 is 0 Å². The molecule has 1 aromatic heterocycles. The summed E-state index contributed by atoms with van der Waals surface area (Å²) in [6, 6.07) is 1.79. The zero-order chi connectivity index (χ0) is 14.5. The monoisotopic (exact) mass is 297 g/mol. The molecular weight excluding hydrogens is 278 g/mol. The van der Waals surface area contributed by atoms with Crippen LogP contribution in [0, 0.1) is 6.92 Å². The number of carbonyl (C=O) groups excluding carboxylic acids is 1. The van der Waals surface area contributed by atoms with Gasteiger partial charge in [0.2, 0.25) is 5.91 Å². The molecule has 1 amide bonds. The Labute approximate surface area is 124 Å². The molecule has 110 valence electrons. The number of nitrogens with one attached hydrogen (secondary N) is 1. The van der Waals surface area contributed by atoms with E-state index < -0.39 is 0 Å². The number of rotatable bonds is 4. The van der Waals surface area contributed by atoms with Gasteiger partial charge in [0.05, 0.1) is 6.54 Å². The zero-order valence-electron chi connectivity index (χ0n) is 11.9. The van der Waals surface area contributed by atoms with Crippen LogP contribution in [0.3, 0.4) is 0 Å². The molecule has 1 N–H and O–H groups in total. The van der Waals surface area contributed by atoms with Crippen LogP contribution < -0.4 is 10.2 Å². The quantitative estimate of drug-likeness (QED) is 0.829. The van der Waals surface area contributed by atoms with Gasteiger partial charge in [0.25, 0.3) is 0 Å². The van der Waals surface area contributed by atoms with Crippen LogP contribution in [-0.4, -0.2) is 60.0 Å². The Morgan fingerprint density at radius 1 is 1.35 bits per heavy atom. The topological polar surface area (TPSA) is 61.4 Å². The van der Waals surface area contributed by atoms with E-state index in [4.69, 9.17) is 11.6 Å². The van der Waals surface area contributed by atoms with E-state index in [1.54, 1.807) is 6.07 Å². The molecule has 0 radical (unpaired) electrons. The average Bonchev–Trinajstić information content (AvgIpc) is 2.38. The highest BCUT2D eigenvalue weighted by atomic mass is 35.5. The lowest BCUT2D eigenvalue weighted by atomic mass is 10.3. The SMILES string of the molecule is CCNC(=O)CN1CCN(c2cc(Cl)nc(C)n2)CC1. The molecule has 2 heterocycles. The summed E-state index contributed by atoms with van der Waals surface area (Å²) in [6.45, 7) is 8.27. The molecule has 0 saturated carbocycles. The molecule has 1 aliphatic rings. The predicted molar refractivity (Wildman–Crippen MR) is 79.1 cm³/mol. The number of hydrogen-bond donors (Lipinski definition) is 1. The summed E-state index contributed by atoms with van der Waals surface area (Å²) in [4.78, 5) is 24.3. The van der Waals surface area contributed by atoms with Gasteiger partial charge in [-0.15, -0.1) is 0 Å². The lowest BCUT2D eigenvalue weighted by Crippen LogP contribution is -2.49. The van der Waals surface area contributed by atoms with Crippen molar-refractivity contribution in [3.63, 3.8) is 0 Å². The molecule has 0 aliphatic carbocycles. The Kier molecular flexibility index (Phi) is 5.14. The smallest absolute Gasteiger partial charge is 0.234 e. The first-order valence-corrected chi connectivity index (χ1v) is 7.21. The van der Waals surface area contributed by atoms with Gasteiger partial charge in [-0.05, 0) is 13.8 Å². The van der Waals surface area contributed by atoms with Crippen molar-refractivity contribution >= 4 is 23.3 Å². The van der Waals surface area contributed by atoms with Gasteiger partial charge in [0.15, 0.2) is 0 Å². The van der Waals surface area contributed by atoms with Gasteiger partial charge < -0.3 is 10.2 Å². The van der Waals surface area contributed by atoms with Crippen molar-refractivity contribution in [2.45, 2.75) is 13.8 Å². The first-order chi connectivity index (χ1) is 9.58. The highest BCUT2D eigenvalue weighted by molar-refractivity contribution is 6.29. The van der Waals surface area contributed by atoms with Crippen LogP contribution in [0.2, 0.25) is 5.15 Å². The standard InChI is InChI=1S/C13H20ClN5O/c1-3-15-13(20)9-18-4-6-19(7-5-18)12-8-11(14)16-10(2)17-12/h8H,3-7,9H2,1-2H3,(H,15,20). The number of amides is 1. The molecule has 0 atom stereocenters. The van der Waals surface area contributed by atoms with Gasteiger partial charge >= 0.3 is 0 Å². The average molecular weight is 298 g/mol. The van der Waals surface area contributed by atoms with Crippen molar-refractivity contribution in [2.24, 2.45) is 0 Å². The molecule has 2 rings (SSSR count). The number of aryl methyl sites for hydroxylation is 1. The van der Waals surface area contributed by atoms with E-state index in [-0.39, 0.29) is 5.91 Å². The number of piperazine rings is 1. The number of nitrogens with zero attached hydrogens (tertiary/aromatic N) is 4. The molecule has 1 fully saturated rings. The summed E-state index contributed by atoms with van der Waals surface area (Å²) in [6.07, 6.45) is 0. The largest absolute Gasteiger partial charge is 0.355 e. The van der Waals surface area contributed by atoms with Crippen LogP contribution in [0.1, 0.15) is 12.7 Å². The molecule has 0 bridgehead atoms. The minimum atomic E-state index is 0.0851. The van der Waals surface area contributed by atoms with E-state index in [2.05, 4.69) is 25.1 Å². The van der Waals surface area contributed by atoms with Gasteiger partial charge in [-0.1, -0.05) is 11.6 Å².